The van der Waals surface area contributed by atoms with E-state index in [0.717, 1.165) is 6.54 Å². The van der Waals surface area contributed by atoms with Gasteiger partial charge >= 0.3 is 0 Å². The number of rotatable bonds is 6. The van der Waals surface area contributed by atoms with Crippen LogP contribution in [0.3, 0.4) is 0 Å². The summed E-state index contributed by atoms with van der Waals surface area (Å²) in [7, 11) is 0. The molecule has 0 bridgehead atoms. The Bertz CT molecular complexity index is 188. The molecule has 0 aliphatic heterocycles. The quantitative estimate of drug-likeness (QED) is 0.655. The van der Waals surface area contributed by atoms with Gasteiger partial charge < -0.3 is 5.32 Å². The Morgan fingerprint density at radius 1 is 1.33 bits per heavy atom. The van der Waals surface area contributed by atoms with E-state index in [2.05, 4.69) is 53.4 Å². The average Bonchev–Trinajstić information content (AvgIpc) is 2.09. The smallest absolute Gasteiger partial charge is 0.0276 e. The van der Waals surface area contributed by atoms with E-state index in [1.165, 1.54) is 18.4 Å². The molecule has 1 heteroatoms. The normalized spacial score (nSPS) is 16.1. The van der Waals surface area contributed by atoms with Crippen molar-refractivity contribution >= 4 is 0 Å². The molecule has 2 unspecified atom stereocenters. The Morgan fingerprint density at radius 2 is 1.87 bits per heavy atom. The van der Waals surface area contributed by atoms with E-state index in [-0.39, 0.29) is 0 Å². The van der Waals surface area contributed by atoms with Gasteiger partial charge in [0.2, 0.25) is 0 Å². The first kappa shape index (κ1) is 14.7. The molecule has 0 aromatic rings. The summed E-state index contributed by atoms with van der Waals surface area (Å²) in [5, 5.41) is 3.57. The maximum absolute atomic E-state index is 4.08. The summed E-state index contributed by atoms with van der Waals surface area (Å²) in [4.78, 5) is 0. The highest BCUT2D eigenvalue weighted by Gasteiger charge is 2.23. The monoisotopic (exact) mass is 211 g/mol. The zero-order valence-electron chi connectivity index (χ0n) is 11.5. The van der Waals surface area contributed by atoms with Crippen molar-refractivity contribution in [2.24, 2.45) is 11.3 Å². The van der Waals surface area contributed by atoms with Crippen LogP contribution in [0.2, 0.25) is 0 Å². The lowest BCUT2D eigenvalue weighted by atomic mass is 9.78. The summed E-state index contributed by atoms with van der Waals surface area (Å²) >= 11 is 0. The molecule has 2 atom stereocenters. The van der Waals surface area contributed by atoms with Crippen molar-refractivity contribution in [2.75, 3.05) is 6.54 Å². The molecule has 0 saturated heterocycles. The summed E-state index contributed by atoms with van der Waals surface area (Å²) in [5.74, 6) is 0.712. The van der Waals surface area contributed by atoms with E-state index in [1.807, 2.05) is 0 Å². The summed E-state index contributed by atoms with van der Waals surface area (Å²) in [6, 6.07) is 0.485. The van der Waals surface area contributed by atoms with Gasteiger partial charge in [-0.15, -0.1) is 0 Å². The van der Waals surface area contributed by atoms with Gasteiger partial charge in [0.25, 0.3) is 0 Å². The van der Waals surface area contributed by atoms with E-state index in [1.54, 1.807) is 0 Å². The van der Waals surface area contributed by atoms with Crippen molar-refractivity contribution in [2.45, 2.75) is 60.4 Å². The first-order valence-electron chi connectivity index (χ1n) is 6.17. The van der Waals surface area contributed by atoms with Crippen molar-refractivity contribution in [1.29, 1.82) is 0 Å². The molecule has 0 radical (unpaired) electrons. The zero-order chi connectivity index (χ0) is 12.1. The van der Waals surface area contributed by atoms with Gasteiger partial charge in [-0.3, -0.25) is 0 Å². The third-order valence-electron chi connectivity index (χ3n) is 3.30. The topological polar surface area (TPSA) is 12.0 Å². The zero-order valence-corrected chi connectivity index (χ0v) is 11.5. The highest BCUT2D eigenvalue weighted by Crippen LogP contribution is 2.30. The van der Waals surface area contributed by atoms with Gasteiger partial charge in [-0.05, 0) is 37.6 Å². The van der Waals surface area contributed by atoms with Crippen LogP contribution >= 0.6 is 0 Å². The van der Waals surface area contributed by atoms with Crippen LogP contribution in [0.15, 0.2) is 12.2 Å². The molecule has 0 aliphatic carbocycles. The van der Waals surface area contributed by atoms with E-state index in [0.29, 0.717) is 17.4 Å². The maximum Gasteiger partial charge on any atom is 0.0276 e. The molecule has 1 nitrogen and oxygen atoms in total. The third kappa shape index (κ3) is 5.99. The second-order valence-corrected chi connectivity index (χ2v) is 5.86. The van der Waals surface area contributed by atoms with Crippen LogP contribution in [0.4, 0.5) is 0 Å². The van der Waals surface area contributed by atoms with Crippen LogP contribution in [-0.2, 0) is 0 Å². The van der Waals surface area contributed by atoms with Crippen molar-refractivity contribution in [3.63, 3.8) is 0 Å². The van der Waals surface area contributed by atoms with Crippen LogP contribution in [0.1, 0.15) is 54.4 Å². The molecule has 0 aliphatic rings. The van der Waals surface area contributed by atoms with Gasteiger partial charge in [0, 0.05) is 6.04 Å². The molecule has 90 valence electrons. The summed E-state index contributed by atoms with van der Waals surface area (Å²) in [6.07, 6.45) is 2.38. The Kier molecular flexibility index (Phi) is 6.19. The summed E-state index contributed by atoms with van der Waals surface area (Å²) in [5.41, 5.74) is 1.65. The largest absolute Gasteiger partial charge is 0.310 e. The second-order valence-electron chi connectivity index (χ2n) is 5.86. The van der Waals surface area contributed by atoms with E-state index < -0.39 is 0 Å². The van der Waals surface area contributed by atoms with Gasteiger partial charge in [-0.2, -0.15) is 0 Å². The molecule has 0 spiro atoms. The molecule has 0 aromatic heterocycles. The minimum absolute atomic E-state index is 0.390. The standard InChI is InChI=1S/C14H29N/c1-8-9-15-13(11(2)3)10-12(4)14(5,6)7/h12-13,15H,2,8-10H2,1,3-7H3. The van der Waals surface area contributed by atoms with Gasteiger partial charge in [0.1, 0.15) is 0 Å². The maximum atomic E-state index is 4.08. The first-order valence-corrected chi connectivity index (χ1v) is 6.17. The van der Waals surface area contributed by atoms with Gasteiger partial charge in [0.05, 0.1) is 0 Å². The van der Waals surface area contributed by atoms with Crippen LogP contribution in [0.5, 0.6) is 0 Å². The Balaban J connectivity index is 4.22. The Labute approximate surface area is 96.3 Å². The van der Waals surface area contributed by atoms with E-state index in [4.69, 9.17) is 0 Å². The van der Waals surface area contributed by atoms with Crippen molar-refractivity contribution in [3.05, 3.63) is 12.2 Å². The third-order valence-corrected chi connectivity index (χ3v) is 3.30. The molecular weight excluding hydrogens is 182 g/mol. The lowest BCUT2D eigenvalue weighted by Crippen LogP contribution is -2.34. The Morgan fingerprint density at radius 3 is 2.20 bits per heavy atom. The van der Waals surface area contributed by atoms with Crippen LogP contribution in [0, 0.1) is 11.3 Å². The SMILES string of the molecule is C=C(C)C(CC(C)C(C)(C)C)NCCC. The molecule has 1 N–H and O–H groups in total. The average molecular weight is 211 g/mol. The molecule has 0 aromatic carbocycles. The predicted molar refractivity (Wildman–Crippen MR) is 70.1 cm³/mol. The van der Waals surface area contributed by atoms with Gasteiger partial charge in [-0.1, -0.05) is 46.8 Å². The van der Waals surface area contributed by atoms with Crippen LogP contribution in [-0.4, -0.2) is 12.6 Å². The highest BCUT2D eigenvalue weighted by molar-refractivity contribution is 5.02. The van der Waals surface area contributed by atoms with Crippen molar-refractivity contribution < 1.29 is 0 Å². The minimum Gasteiger partial charge on any atom is -0.310 e. The number of hydrogen-bond donors (Lipinski definition) is 1. The molecule has 0 heterocycles. The molecule has 0 rings (SSSR count). The van der Waals surface area contributed by atoms with E-state index >= 15 is 0 Å². The lowest BCUT2D eigenvalue weighted by molar-refractivity contribution is 0.230. The van der Waals surface area contributed by atoms with Crippen LogP contribution < -0.4 is 5.32 Å². The van der Waals surface area contributed by atoms with Crippen molar-refractivity contribution in [3.8, 4) is 0 Å². The summed E-state index contributed by atoms with van der Waals surface area (Å²) < 4.78 is 0. The minimum atomic E-state index is 0.390. The second kappa shape index (κ2) is 6.32. The fraction of sp³-hybridized carbons (Fsp3) is 0.857. The van der Waals surface area contributed by atoms with Gasteiger partial charge in [-0.25, -0.2) is 0 Å². The van der Waals surface area contributed by atoms with Crippen LogP contribution in [0.25, 0.3) is 0 Å². The van der Waals surface area contributed by atoms with Gasteiger partial charge in [0.15, 0.2) is 0 Å². The molecule has 0 fully saturated rings. The molecule has 0 amide bonds. The molecular formula is C14H29N. The lowest BCUT2D eigenvalue weighted by Gasteiger charge is -2.31. The Hall–Kier alpha value is -0.300. The van der Waals surface area contributed by atoms with Crippen molar-refractivity contribution in [1.82, 2.24) is 5.32 Å². The number of hydrogen-bond acceptors (Lipinski definition) is 1. The molecule has 0 saturated carbocycles. The summed E-state index contributed by atoms with van der Waals surface area (Å²) in [6.45, 7) is 18.8. The fourth-order valence-corrected chi connectivity index (χ4v) is 1.48. The fourth-order valence-electron chi connectivity index (χ4n) is 1.48. The first-order chi connectivity index (χ1) is 6.79. The molecule has 15 heavy (non-hydrogen) atoms. The highest BCUT2D eigenvalue weighted by atomic mass is 14.9. The predicted octanol–water partition coefficient (Wildman–Crippen LogP) is 4.00. The number of nitrogens with one attached hydrogen (secondary N) is 1. The van der Waals surface area contributed by atoms with E-state index in [9.17, 15) is 0 Å².